The molecular formula is C22H21FN2O3. The van der Waals surface area contributed by atoms with Gasteiger partial charge in [-0.3, -0.25) is 0 Å². The zero-order valence-corrected chi connectivity index (χ0v) is 15.2. The number of nitrogens with zero attached hydrogens (tertiary/aromatic N) is 1. The summed E-state index contributed by atoms with van der Waals surface area (Å²) in [6.07, 6.45) is 4.00. The van der Waals surface area contributed by atoms with Gasteiger partial charge in [-0.2, -0.15) is 0 Å². The Morgan fingerprint density at radius 1 is 1.21 bits per heavy atom. The van der Waals surface area contributed by atoms with Crippen molar-refractivity contribution < 1.29 is 19.4 Å². The lowest BCUT2D eigenvalue weighted by Crippen LogP contribution is -2.23. The van der Waals surface area contributed by atoms with Gasteiger partial charge in [-0.05, 0) is 42.7 Å². The zero-order valence-electron chi connectivity index (χ0n) is 15.2. The summed E-state index contributed by atoms with van der Waals surface area (Å²) in [5, 5.41) is 23.9. The number of aliphatic hydroxyl groups is 1. The van der Waals surface area contributed by atoms with Crippen molar-refractivity contribution in [1.82, 2.24) is 9.88 Å². The minimum Gasteiger partial charge on any atom is -0.477 e. The van der Waals surface area contributed by atoms with Gasteiger partial charge >= 0.3 is 5.97 Å². The Kier molecular flexibility index (Phi) is 4.88. The highest BCUT2D eigenvalue weighted by atomic mass is 19.1. The fourth-order valence-corrected chi connectivity index (χ4v) is 3.30. The number of benzene rings is 2. The summed E-state index contributed by atoms with van der Waals surface area (Å²) < 4.78 is 15.1. The molecule has 3 aromatic rings. The molecule has 0 amide bonds. The molecule has 6 heteroatoms. The number of hydrogen-bond donors (Lipinski definition) is 3. The number of nitrogens with one attached hydrogen (secondary N) is 1. The summed E-state index contributed by atoms with van der Waals surface area (Å²) in [4.78, 5) is 11.5. The number of carboxylic acid groups (broad SMARTS) is 1. The lowest BCUT2D eigenvalue weighted by molar-refractivity contribution is -0.133. The third-order valence-electron chi connectivity index (χ3n) is 4.90. The summed E-state index contributed by atoms with van der Waals surface area (Å²) in [7, 11) is 0. The summed E-state index contributed by atoms with van der Waals surface area (Å²) in [5.74, 6) is -1.37. The van der Waals surface area contributed by atoms with Crippen molar-refractivity contribution in [1.29, 1.82) is 0 Å². The van der Waals surface area contributed by atoms with Gasteiger partial charge in [-0.15, -0.1) is 0 Å². The van der Waals surface area contributed by atoms with Crippen LogP contribution in [-0.2, 0) is 11.3 Å². The fourth-order valence-electron chi connectivity index (χ4n) is 3.30. The predicted molar refractivity (Wildman–Crippen MR) is 104 cm³/mol. The van der Waals surface area contributed by atoms with Crippen molar-refractivity contribution in [2.75, 3.05) is 0 Å². The number of halogens is 1. The molecule has 144 valence electrons. The van der Waals surface area contributed by atoms with E-state index >= 15 is 0 Å². The van der Waals surface area contributed by atoms with Crippen LogP contribution in [0.2, 0.25) is 0 Å². The minimum absolute atomic E-state index is 0.0189. The molecule has 0 aliphatic heterocycles. The Balaban J connectivity index is 1.68. The second kappa shape index (κ2) is 7.48. The average molecular weight is 380 g/mol. The Hall–Kier alpha value is -3.12. The van der Waals surface area contributed by atoms with E-state index in [0.29, 0.717) is 12.1 Å². The number of para-hydroxylation sites is 1. The predicted octanol–water partition coefficient (Wildman–Crippen LogP) is 3.58. The van der Waals surface area contributed by atoms with Gasteiger partial charge in [0.25, 0.3) is 0 Å². The molecule has 4 rings (SSSR count). The van der Waals surface area contributed by atoms with Gasteiger partial charge in [-0.1, -0.05) is 30.3 Å². The number of fused-ring (bicyclic) bond motifs is 1. The van der Waals surface area contributed by atoms with E-state index in [4.69, 9.17) is 0 Å². The molecule has 1 unspecified atom stereocenters. The summed E-state index contributed by atoms with van der Waals surface area (Å²) >= 11 is 0. The smallest absolute Gasteiger partial charge is 0.351 e. The topological polar surface area (TPSA) is 74.5 Å². The van der Waals surface area contributed by atoms with E-state index in [1.165, 1.54) is 18.2 Å². The summed E-state index contributed by atoms with van der Waals surface area (Å²) in [6.45, 7) is 0.517. The van der Waals surface area contributed by atoms with E-state index in [9.17, 15) is 19.4 Å². The van der Waals surface area contributed by atoms with E-state index in [0.717, 1.165) is 29.3 Å². The van der Waals surface area contributed by atoms with Gasteiger partial charge < -0.3 is 20.1 Å². The Morgan fingerprint density at radius 2 is 1.93 bits per heavy atom. The first-order valence-electron chi connectivity index (χ1n) is 9.23. The van der Waals surface area contributed by atoms with Gasteiger partial charge in [0.2, 0.25) is 0 Å². The molecule has 3 N–H and O–H groups in total. The molecule has 1 aromatic heterocycles. The molecule has 0 spiro atoms. The molecule has 1 heterocycles. The number of rotatable bonds is 7. The van der Waals surface area contributed by atoms with Crippen LogP contribution in [0.3, 0.4) is 0 Å². The van der Waals surface area contributed by atoms with Crippen molar-refractivity contribution in [2.45, 2.75) is 31.5 Å². The number of aliphatic hydroxyl groups excluding tert-OH is 1. The van der Waals surface area contributed by atoms with E-state index < -0.39 is 12.1 Å². The number of carboxylic acids is 1. The van der Waals surface area contributed by atoms with Crippen LogP contribution in [0.1, 0.15) is 30.1 Å². The van der Waals surface area contributed by atoms with E-state index in [1.807, 2.05) is 35.0 Å². The molecule has 28 heavy (non-hydrogen) atoms. The van der Waals surface area contributed by atoms with Crippen LogP contribution in [0.4, 0.5) is 4.39 Å². The van der Waals surface area contributed by atoms with Crippen molar-refractivity contribution in [3.63, 3.8) is 0 Å². The zero-order chi connectivity index (χ0) is 19.7. The first-order valence-corrected chi connectivity index (χ1v) is 9.23. The minimum atomic E-state index is -1.08. The second-order valence-corrected chi connectivity index (χ2v) is 7.10. The van der Waals surface area contributed by atoms with E-state index in [1.54, 1.807) is 12.1 Å². The van der Waals surface area contributed by atoms with Crippen LogP contribution in [0.25, 0.3) is 10.9 Å². The number of aromatic nitrogens is 1. The highest BCUT2D eigenvalue weighted by Crippen LogP contribution is 2.29. The first-order chi connectivity index (χ1) is 13.5. The molecule has 2 aromatic carbocycles. The maximum Gasteiger partial charge on any atom is 0.351 e. The molecule has 0 saturated heterocycles. The summed E-state index contributed by atoms with van der Waals surface area (Å²) in [6, 6.07) is 14.1. The highest BCUT2D eigenvalue weighted by Gasteiger charge is 2.25. The highest BCUT2D eigenvalue weighted by molar-refractivity contribution is 5.87. The quantitative estimate of drug-likeness (QED) is 0.548. The largest absolute Gasteiger partial charge is 0.477 e. The molecule has 1 aliphatic carbocycles. The number of aliphatic carboxylic acids is 1. The van der Waals surface area contributed by atoms with E-state index in [2.05, 4.69) is 5.32 Å². The van der Waals surface area contributed by atoms with Crippen LogP contribution in [0.5, 0.6) is 0 Å². The van der Waals surface area contributed by atoms with Crippen molar-refractivity contribution in [3.05, 3.63) is 83.4 Å². The molecule has 0 bridgehead atoms. The molecule has 1 fully saturated rings. The lowest BCUT2D eigenvalue weighted by Gasteiger charge is -2.09. The van der Waals surface area contributed by atoms with E-state index in [-0.39, 0.29) is 17.6 Å². The van der Waals surface area contributed by atoms with Crippen LogP contribution in [-0.4, -0.2) is 26.8 Å². The normalized spacial score (nSPS) is 15.6. The third kappa shape index (κ3) is 3.92. The van der Waals surface area contributed by atoms with Gasteiger partial charge in [0.05, 0.1) is 0 Å². The Labute approximate surface area is 161 Å². The first kappa shape index (κ1) is 18.3. The summed E-state index contributed by atoms with van der Waals surface area (Å²) in [5.41, 5.74) is 2.50. The van der Waals surface area contributed by atoms with Crippen LogP contribution >= 0.6 is 0 Å². The Bertz CT molecular complexity index is 1040. The lowest BCUT2D eigenvalue weighted by atomic mass is 10.1. The van der Waals surface area contributed by atoms with Crippen molar-refractivity contribution in [2.24, 2.45) is 0 Å². The fraction of sp³-hybridized carbons (Fsp3) is 0.227. The molecule has 1 aliphatic rings. The standard InChI is InChI=1S/C22H21FN2O3/c23-15-7-5-14(6-8-15)12-25-13-18(17-3-1-2-4-20(17)25)21(26)11-19(22(27)28)24-16-9-10-16/h1-8,11,13,16,21,24,26H,9-10,12H2,(H,27,28)/b19-11+. The SMILES string of the molecule is O=C(O)/C(=C\C(O)c1cn(Cc2ccc(F)cc2)c2ccccc12)NC1CC1. The maximum atomic E-state index is 13.2. The molecular weight excluding hydrogens is 359 g/mol. The number of carbonyl (C=O) groups is 1. The van der Waals surface area contributed by atoms with Gasteiger partial charge in [0.15, 0.2) is 0 Å². The van der Waals surface area contributed by atoms with Crippen LogP contribution in [0, 0.1) is 5.82 Å². The van der Waals surface area contributed by atoms with Crippen molar-refractivity contribution >= 4 is 16.9 Å². The second-order valence-electron chi connectivity index (χ2n) is 7.10. The average Bonchev–Trinajstić information content (AvgIpc) is 3.43. The monoisotopic (exact) mass is 380 g/mol. The van der Waals surface area contributed by atoms with Crippen LogP contribution < -0.4 is 5.32 Å². The van der Waals surface area contributed by atoms with Gasteiger partial charge in [0.1, 0.15) is 17.6 Å². The molecule has 1 atom stereocenters. The Morgan fingerprint density at radius 3 is 2.61 bits per heavy atom. The van der Waals surface area contributed by atoms with Gasteiger partial charge in [-0.25, -0.2) is 9.18 Å². The maximum absolute atomic E-state index is 13.2. The van der Waals surface area contributed by atoms with Crippen LogP contribution in [0.15, 0.2) is 66.5 Å². The molecule has 5 nitrogen and oxygen atoms in total. The molecule has 0 radical (unpaired) electrons. The van der Waals surface area contributed by atoms with Crippen molar-refractivity contribution in [3.8, 4) is 0 Å². The third-order valence-corrected chi connectivity index (χ3v) is 4.90. The van der Waals surface area contributed by atoms with Gasteiger partial charge in [0, 0.05) is 35.2 Å². The number of hydrogen-bond acceptors (Lipinski definition) is 3. The molecule has 1 saturated carbocycles.